The van der Waals surface area contributed by atoms with Crippen molar-refractivity contribution < 1.29 is 9.13 Å². The molecule has 0 aliphatic heterocycles. The second-order valence-corrected chi connectivity index (χ2v) is 6.79. The van der Waals surface area contributed by atoms with E-state index in [1.54, 1.807) is 12.1 Å². The summed E-state index contributed by atoms with van der Waals surface area (Å²) in [6.45, 7) is 3.16. The lowest BCUT2D eigenvalue weighted by Crippen LogP contribution is -2.26. The lowest BCUT2D eigenvalue weighted by Gasteiger charge is -2.16. The highest BCUT2D eigenvalue weighted by molar-refractivity contribution is 5.33. The molecule has 1 N–H and O–H groups in total. The van der Waals surface area contributed by atoms with Gasteiger partial charge >= 0.3 is 0 Å². The number of aryl methyl sites for hydroxylation is 1. The zero-order valence-corrected chi connectivity index (χ0v) is 15.7. The summed E-state index contributed by atoms with van der Waals surface area (Å²) in [5.41, 5.74) is 3.01. The monoisotopic (exact) mass is 363 g/mol. The van der Waals surface area contributed by atoms with Crippen LogP contribution < -0.4 is 10.1 Å². The maximum atomic E-state index is 13.8. The highest BCUT2D eigenvalue weighted by atomic mass is 19.1. The van der Waals surface area contributed by atoms with Crippen molar-refractivity contribution in [3.05, 3.63) is 101 Å². The molecule has 0 saturated heterocycles. The van der Waals surface area contributed by atoms with Gasteiger partial charge in [0, 0.05) is 23.7 Å². The number of rotatable bonds is 9. The Bertz CT molecular complexity index is 835. The molecule has 3 aromatic rings. The lowest BCUT2D eigenvalue weighted by atomic mass is 10.1. The van der Waals surface area contributed by atoms with Crippen molar-refractivity contribution in [2.75, 3.05) is 0 Å². The van der Waals surface area contributed by atoms with Crippen molar-refractivity contribution in [2.45, 2.75) is 39.0 Å². The quantitative estimate of drug-likeness (QED) is 0.541. The first kappa shape index (κ1) is 19.1. The highest BCUT2D eigenvalue weighted by Gasteiger charge is 2.08. The molecule has 140 valence electrons. The molecule has 0 aromatic heterocycles. The van der Waals surface area contributed by atoms with E-state index in [0.717, 1.165) is 30.7 Å². The van der Waals surface area contributed by atoms with E-state index in [1.165, 1.54) is 11.6 Å². The summed E-state index contributed by atoms with van der Waals surface area (Å²) in [6, 6.07) is 25.6. The van der Waals surface area contributed by atoms with Crippen LogP contribution in [0.5, 0.6) is 5.75 Å². The van der Waals surface area contributed by atoms with Crippen LogP contribution in [0.25, 0.3) is 0 Å². The first-order valence-corrected chi connectivity index (χ1v) is 9.44. The normalized spacial score (nSPS) is 11.9. The molecule has 3 rings (SSSR count). The number of hydrogen-bond donors (Lipinski definition) is 1. The zero-order valence-electron chi connectivity index (χ0n) is 15.7. The molecule has 3 aromatic carbocycles. The maximum absolute atomic E-state index is 13.8. The second-order valence-electron chi connectivity index (χ2n) is 6.79. The van der Waals surface area contributed by atoms with Gasteiger partial charge < -0.3 is 10.1 Å². The third-order valence-corrected chi connectivity index (χ3v) is 4.66. The molecule has 0 unspecified atom stereocenters. The molecule has 3 heteroatoms. The second kappa shape index (κ2) is 9.89. The summed E-state index contributed by atoms with van der Waals surface area (Å²) >= 11 is 0. The van der Waals surface area contributed by atoms with Gasteiger partial charge in [0.2, 0.25) is 0 Å². The van der Waals surface area contributed by atoms with Gasteiger partial charge in [-0.1, -0.05) is 66.7 Å². The molecule has 0 spiro atoms. The summed E-state index contributed by atoms with van der Waals surface area (Å²) < 4.78 is 19.7. The Morgan fingerprint density at radius 1 is 0.852 bits per heavy atom. The Hall–Kier alpha value is -2.65. The van der Waals surface area contributed by atoms with Gasteiger partial charge in [0.1, 0.15) is 18.2 Å². The van der Waals surface area contributed by atoms with Crippen LogP contribution in [0, 0.1) is 5.82 Å². The van der Waals surface area contributed by atoms with Crippen molar-refractivity contribution in [1.82, 2.24) is 5.32 Å². The number of benzene rings is 3. The van der Waals surface area contributed by atoms with Crippen LogP contribution in [-0.2, 0) is 19.6 Å². The van der Waals surface area contributed by atoms with Gasteiger partial charge in [0.25, 0.3) is 0 Å². The van der Waals surface area contributed by atoms with Gasteiger partial charge in [0.15, 0.2) is 0 Å². The predicted octanol–water partition coefficient (Wildman–Crippen LogP) is 5.52. The standard InChI is InChI=1S/C24H26FNO/c1-19(15-16-20-9-3-2-4-10-20)26-17-21-11-6-8-14-24(21)27-18-22-12-5-7-13-23(22)25/h2-14,19,26H,15-18H2,1H3/t19-/m0/s1. The smallest absolute Gasteiger partial charge is 0.129 e. The molecule has 2 nitrogen and oxygen atoms in total. The molecular formula is C24H26FNO. The summed E-state index contributed by atoms with van der Waals surface area (Å²) in [5, 5.41) is 3.57. The highest BCUT2D eigenvalue weighted by Crippen LogP contribution is 2.20. The van der Waals surface area contributed by atoms with Crippen molar-refractivity contribution in [2.24, 2.45) is 0 Å². The fraction of sp³-hybridized carbons (Fsp3) is 0.250. The van der Waals surface area contributed by atoms with E-state index in [4.69, 9.17) is 4.74 Å². The Kier molecular flexibility index (Phi) is 7.00. The van der Waals surface area contributed by atoms with E-state index in [-0.39, 0.29) is 12.4 Å². The number of para-hydroxylation sites is 1. The Morgan fingerprint density at radius 3 is 2.30 bits per heavy atom. The molecule has 0 aliphatic carbocycles. The average Bonchev–Trinajstić information content (AvgIpc) is 2.71. The van der Waals surface area contributed by atoms with E-state index in [2.05, 4.69) is 36.5 Å². The number of nitrogens with one attached hydrogen (secondary N) is 1. The minimum atomic E-state index is -0.234. The molecule has 0 aliphatic rings. The lowest BCUT2D eigenvalue weighted by molar-refractivity contribution is 0.295. The largest absolute Gasteiger partial charge is 0.488 e. The van der Waals surface area contributed by atoms with E-state index in [9.17, 15) is 4.39 Å². The predicted molar refractivity (Wildman–Crippen MR) is 108 cm³/mol. The van der Waals surface area contributed by atoms with Crippen LogP contribution in [0.15, 0.2) is 78.9 Å². The first-order chi connectivity index (χ1) is 13.2. The van der Waals surface area contributed by atoms with Crippen molar-refractivity contribution in [3.8, 4) is 5.75 Å². The van der Waals surface area contributed by atoms with Crippen LogP contribution in [0.3, 0.4) is 0 Å². The van der Waals surface area contributed by atoms with E-state index < -0.39 is 0 Å². The minimum absolute atomic E-state index is 0.229. The Balaban J connectivity index is 1.52. The van der Waals surface area contributed by atoms with Crippen LogP contribution in [-0.4, -0.2) is 6.04 Å². The van der Waals surface area contributed by atoms with E-state index in [1.807, 2.05) is 36.4 Å². The maximum Gasteiger partial charge on any atom is 0.129 e. The molecule has 0 saturated carbocycles. The van der Waals surface area contributed by atoms with Gasteiger partial charge in [-0.15, -0.1) is 0 Å². The fourth-order valence-corrected chi connectivity index (χ4v) is 2.98. The van der Waals surface area contributed by atoms with Crippen LogP contribution in [0.1, 0.15) is 30.0 Å². The molecule has 0 fully saturated rings. The molecule has 1 atom stereocenters. The van der Waals surface area contributed by atoms with Gasteiger partial charge in [-0.3, -0.25) is 0 Å². The molecule has 0 radical (unpaired) electrons. The summed E-state index contributed by atoms with van der Waals surface area (Å²) in [4.78, 5) is 0. The molecule has 0 amide bonds. The number of halogens is 1. The van der Waals surface area contributed by atoms with Crippen molar-refractivity contribution in [1.29, 1.82) is 0 Å². The SMILES string of the molecule is C[C@@H](CCc1ccccc1)NCc1ccccc1OCc1ccccc1F. The van der Waals surface area contributed by atoms with Crippen LogP contribution >= 0.6 is 0 Å². The van der Waals surface area contributed by atoms with Crippen LogP contribution in [0.2, 0.25) is 0 Å². The average molecular weight is 363 g/mol. The number of hydrogen-bond acceptors (Lipinski definition) is 2. The Labute approximate surface area is 161 Å². The minimum Gasteiger partial charge on any atom is -0.488 e. The first-order valence-electron chi connectivity index (χ1n) is 9.44. The molecular weight excluding hydrogens is 337 g/mol. The van der Waals surface area contributed by atoms with Gasteiger partial charge in [-0.05, 0) is 37.5 Å². The molecule has 0 bridgehead atoms. The van der Waals surface area contributed by atoms with Gasteiger partial charge in [-0.2, -0.15) is 0 Å². The third-order valence-electron chi connectivity index (χ3n) is 4.66. The van der Waals surface area contributed by atoms with Gasteiger partial charge in [-0.25, -0.2) is 4.39 Å². The summed E-state index contributed by atoms with van der Waals surface area (Å²) in [7, 11) is 0. The number of ether oxygens (including phenoxy) is 1. The summed E-state index contributed by atoms with van der Waals surface area (Å²) in [5.74, 6) is 0.561. The van der Waals surface area contributed by atoms with Gasteiger partial charge in [0.05, 0.1) is 0 Å². The Morgan fingerprint density at radius 2 is 1.52 bits per heavy atom. The topological polar surface area (TPSA) is 21.3 Å². The summed E-state index contributed by atoms with van der Waals surface area (Å²) in [6.07, 6.45) is 2.13. The van der Waals surface area contributed by atoms with Crippen LogP contribution in [0.4, 0.5) is 4.39 Å². The van der Waals surface area contributed by atoms with E-state index in [0.29, 0.717) is 11.6 Å². The molecule has 27 heavy (non-hydrogen) atoms. The fourth-order valence-electron chi connectivity index (χ4n) is 2.98. The third kappa shape index (κ3) is 5.93. The van der Waals surface area contributed by atoms with Crippen molar-refractivity contribution in [3.63, 3.8) is 0 Å². The van der Waals surface area contributed by atoms with Crippen molar-refractivity contribution >= 4 is 0 Å². The zero-order chi connectivity index (χ0) is 18.9. The van der Waals surface area contributed by atoms with E-state index >= 15 is 0 Å². The molecule has 0 heterocycles.